The van der Waals surface area contributed by atoms with E-state index in [0.29, 0.717) is 54.5 Å². The fourth-order valence-electron chi connectivity index (χ4n) is 4.80. The fraction of sp³-hybridized carbons (Fsp3) is 0.382. The van der Waals surface area contributed by atoms with Crippen LogP contribution in [0.2, 0.25) is 0 Å². The number of carbonyl (C=O) groups excluding carboxylic acids is 2. The number of para-hydroxylation sites is 2. The van der Waals surface area contributed by atoms with Crippen molar-refractivity contribution in [3.8, 4) is 0 Å². The first-order chi connectivity index (χ1) is 20.5. The van der Waals surface area contributed by atoms with Crippen molar-refractivity contribution >= 4 is 29.2 Å². The molecule has 2 radical (unpaired) electrons. The van der Waals surface area contributed by atoms with Crippen molar-refractivity contribution in [2.45, 2.75) is 46.3 Å². The van der Waals surface area contributed by atoms with Gasteiger partial charge in [0.2, 0.25) is 0 Å². The molecule has 228 valence electrons. The molecule has 1 fully saturated rings. The predicted molar refractivity (Wildman–Crippen MR) is 167 cm³/mol. The van der Waals surface area contributed by atoms with Gasteiger partial charge in [0.05, 0.1) is 30.3 Å². The first kappa shape index (κ1) is 32.0. The number of morpholine rings is 1. The van der Waals surface area contributed by atoms with E-state index in [1.165, 1.54) is 11.0 Å². The molecular weight excluding hydrogens is 547 g/mol. The SMILES string of the molecule is [CH]c1ccc(CN(CCCN2CCOCC2)C(=O)N(c2ccc(C)c(F)c2)c2ccccc2NC(=O)OC(C)(C)C)cc1. The summed E-state index contributed by atoms with van der Waals surface area (Å²) in [7, 11) is 0. The average Bonchev–Trinajstić information content (AvgIpc) is 2.96. The Morgan fingerprint density at radius 1 is 1.05 bits per heavy atom. The van der Waals surface area contributed by atoms with Gasteiger partial charge in [-0.3, -0.25) is 15.1 Å². The highest BCUT2D eigenvalue weighted by Crippen LogP contribution is 2.35. The van der Waals surface area contributed by atoms with Crippen LogP contribution in [-0.4, -0.2) is 66.9 Å². The third-order valence-electron chi connectivity index (χ3n) is 7.02. The van der Waals surface area contributed by atoms with Gasteiger partial charge < -0.3 is 14.4 Å². The molecular formula is C34H41FN4O4. The molecule has 0 atom stereocenters. The number of aryl methyl sites for hydroxylation is 1. The Hall–Kier alpha value is -3.95. The minimum absolute atomic E-state index is 0.314. The molecule has 3 amide bonds. The van der Waals surface area contributed by atoms with Gasteiger partial charge in [0.15, 0.2) is 0 Å². The van der Waals surface area contributed by atoms with E-state index >= 15 is 0 Å². The summed E-state index contributed by atoms with van der Waals surface area (Å²) in [5, 5.41) is 2.78. The number of urea groups is 1. The summed E-state index contributed by atoms with van der Waals surface area (Å²) >= 11 is 0. The summed E-state index contributed by atoms with van der Waals surface area (Å²) in [6.45, 7) is 17.6. The zero-order valence-electron chi connectivity index (χ0n) is 25.4. The van der Waals surface area contributed by atoms with Crippen LogP contribution in [0.5, 0.6) is 0 Å². The second-order valence-corrected chi connectivity index (χ2v) is 11.7. The Morgan fingerprint density at radius 2 is 1.74 bits per heavy atom. The second kappa shape index (κ2) is 14.5. The third-order valence-corrected chi connectivity index (χ3v) is 7.02. The molecule has 0 aromatic heterocycles. The van der Waals surface area contributed by atoms with Crippen molar-refractivity contribution in [1.29, 1.82) is 0 Å². The maximum absolute atomic E-state index is 14.9. The maximum atomic E-state index is 14.9. The molecule has 43 heavy (non-hydrogen) atoms. The predicted octanol–water partition coefficient (Wildman–Crippen LogP) is 7.02. The first-order valence-corrected chi connectivity index (χ1v) is 14.6. The van der Waals surface area contributed by atoms with Crippen molar-refractivity contribution in [1.82, 2.24) is 9.80 Å². The van der Waals surface area contributed by atoms with Gasteiger partial charge in [-0.15, -0.1) is 0 Å². The summed E-state index contributed by atoms with van der Waals surface area (Å²) in [6, 6.07) is 18.6. The maximum Gasteiger partial charge on any atom is 0.412 e. The zero-order valence-corrected chi connectivity index (χ0v) is 25.4. The van der Waals surface area contributed by atoms with Crippen LogP contribution < -0.4 is 10.2 Å². The topological polar surface area (TPSA) is 74.4 Å². The summed E-state index contributed by atoms with van der Waals surface area (Å²) in [6.07, 6.45) is 0.0703. The first-order valence-electron chi connectivity index (χ1n) is 14.6. The van der Waals surface area contributed by atoms with Crippen molar-refractivity contribution in [2.24, 2.45) is 0 Å². The third kappa shape index (κ3) is 9.27. The number of nitrogens with one attached hydrogen (secondary N) is 1. The highest BCUT2D eigenvalue weighted by molar-refractivity contribution is 6.04. The quantitative estimate of drug-likeness (QED) is 0.291. The minimum atomic E-state index is -0.717. The van der Waals surface area contributed by atoms with Gasteiger partial charge >= 0.3 is 12.1 Å². The molecule has 3 aromatic carbocycles. The lowest BCUT2D eigenvalue weighted by molar-refractivity contribution is 0.0365. The lowest BCUT2D eigenvalue weighted by Crippen LogP contribution is -2.43. The lowest BCUT2D eigenvalue weighted by Gasteiger charge is -2.33. The number of hydrogen-bond acceptors (Lipinski definition) is 5. The number of carbonyl (C=O) groups is 2. The van der Waals surface area contributed by atoms with Gasteiger partial charge in [-0.05, 0) is 82.0 Å². The molecule has 1 aliphatic heterocycles. The molecule has 8 nitrogen and oxygen atoms in total. The Morgan fingerprint density at radius 3 is 2.42 bits per heavy atom. The van der Waals surface area contributed by atoms with Gasteiger partial charge in [0, 0.05) is 32.7 Å². The molecule has 9 heteroatoms. The molecule has 3 aromatic rings. The van der Waals surface area contributed by atoms with Gasteiger partial charge in [-0.2, -0.15) is 0 Å². The molecule has 0 unspecified atom stereocenters. The Labute approximate surface area is 254 Å². The Kier molecular flexibility index (Phi) is 10.8. The van der Waals surface area contributed by atoms with E-state index in [4.69, 9.17) is 16.4 Å². The van der Waals surface area contributed by atoms with Crippen molar-refractivity contribution < 1.29 is 23.5 Å². The monoisotopic (exact) mass is 588 g/mol. The van der Waals surface area contributed by atoms with Gasteiger partial charge in [0.25, 0.3) is 0 Å². The highest BCUT2D eigenvalue weighted by atomic mass is 19.1. The van der Waals surface area contributed by atoms with Crippen LogP contribution in [0.1, 0.15) is 43.9 Å². The van der Waals surface area contributed by atoms with Crippen LogP contribution >= 0.6 is 0 Å². The van der Waals surface area contributed by atoms with Crippen LogP contribution in [0, 0.1) is 19.7 Å². The van der Waals surface area contributed by atoms with Gasteiger partial charge in [-0.1, -0.05) is 42.5 Å². The smallest absolute Gasteiger partial charge is 0.412 e. The fourth-order valence-corrected chi connectivity index (χ4v) is 4.80. The largest absolute Gasteiger partial charge is 0.444 e. The summed E-state index contributed by atoms with van der Waals surface area (Å²) in [5.74, 6) is -0.440. The van der Waals surface area contributed by atoms with Crippen molar-refractivity contribution in [3.63, 3.8) is 0 Å². The molecule has 0 bridgehead atoms. The summed E-state index contributed by atoms with van der Waals surface area (Å²) in [4.78, 5) is 32.9. The summed E-state index contributed by atoms with van der Waals surface area (Å²) in [5.41, 5.74) is 2.36. The molecule has 1 saturated heterocycles. The average molecular weight is 589 g/mol. The number of amides is 3. The molecule has 1 aliphatic rings. The second-order valence-electron chi connectivity index (χ2n) is 11.7. The van der Waals surface area contributed by atoms with E-state index < -0.39 is 17.5 Å². The van der Waals surface area contributed by atoms with E-state index in [9.17, 15) is 14.0 Å². The number of benzene rings is 3. The number of hydrogen-bond donors (Lipinski definition) is 1. The van der Waals surface area contributed by atoms with Crippen LogP contribution in [0.25, 0.3) is 0 Å². The lowest BCUT2D eigenvalue weighted by atomic mass is 10.1. The van der Waals surface area contributed by atoms with Crippen LogP contribution in [0.3, 0.4) is 0 Å². The Bertz CT molecular complexity index is 1380. The standard InChI is InChI=1S/C34H41FN4O4/c1-25-11-14-27(15-12-25)24-38(18-8-17-37-19-21-42-22-20-37)33(41)39(28-16-13-26(2)29(35)23-28)31-10-7-6-9-30(31)36-32(40)43-34(3,4)5/h1,6-7,9-16,23H,8,17-22,24H2,2-5H3,(H,36,40). The number of halogens is 1. The zero-order chi connectivity index (χ0) is 31.0. The van der Waals surface area contributed by atoms with E-state index in [-0.39, 0.29) is 6.03 Å². The van der Waals surface area contributed by atoms with Crippen LogP contribution in [0.15, 0.2) is 66.7 Å². The molecule has 1 heterocycles. The Balaban J connectivity index is 1.70. The molecule has 0 saturated carbocycles. The van der Waals surface area contributed by atoms with Crippen molar-refractivity contribution in [2.75, 3.05) is 49.6 Å². The van der Waals surface area contributed by atoms with Crippen molar-refractivity contribution in [3.05, 3.63) is 96.2 Å². The highest BCUT2D eigenvalue weighted by Gasteiger charge is 2.28. The number of ether oxygens (including phenoxy) is 2. The summed E-state index contributed by atoms with van der Waals surface area (Å²) < 4.78 is 25.9. The van der Waals surface area contributed by atoms with E-state index in [1.54, 1.807) is 81.1 Å². The van der Waals surface area contributed by atoms with Gasteiger partial charge in [0.1, 0.15) is 11.4 Å². The van der Waals surface area contributed by atoms with E-state index in [0.717, 1.165) is 31.6 Å². The van der Waals surface area contributed by atoms with Crippen LogP contribution in [-0.2, 0) is 16.0 Å². The normalized spacial score (nSPS) is 13.8. The molecule has 0 spiro atoms. The van der Waals surface area contributed by atoms with Gasteiger partial charge in [-0.25, -0.2) is 14.0 Å². The number of nitrogens with zero attached hydrogens (tertiary/aromatic N) is 3. The van der Waals surface area contributed by atoms with E-state index in [2.05, 4.69) is 10.2 Å². The molecule has 1 N–H and O–H groups in total. The van der Waals surface area contributed by atoms with E-state index in [1.807, 2.05) is 12.1 Å². The molecule has 0 aliphatic carbocycles. The molecule has 4 rings (SSSR count). The van der Waals surface area contributed by atoms with Crippen LogP contribution in [0.4, 0.5) is 31.0 Å². The number of rotatable bonds is 9. The number of anilines is 3. The minimum Gasteiger partial charge on any atom is -0.444 e.